The lowest BCUT2D eigenvalue weighted by Crippen LogP contribution is -2.45. The molecule has 0 amide bonds. The lowest BCUT2D eigenvalue weighted by Gasteiger charge is -2.35. The third-order valence-electron chi connectivity index (χ3n) is 3.57. The lowest BCUT2D eigenvalue weighted by molar-refractivity contribution is 0.162. The molecule has 3 nitrogen and oxygen atoms in total. The number of hydrogen-bond acceptors (Lipinski definition) is 3. The van der Waals surface area contributed by atoms with E-state index in [0.717, 1.165) is 48.2 Å². The van der Waals surface area contributed by atoms with E-state index in [0.29, 0.717) is 11.8 Å². The van der Waals surface area contributed by atoms with Crippen LogP contribution >= 0.6 is 70.0 Å². The van der Waals surface area contributed by atoms with Gasteiger partial charge in [0.1, 0.15) is 5.75 Å². The molecule has 1 fully saturated rings. The quantitative estimate of drug-likeness (QED) is 0.544. The highest BCUT2D eigenvalue weighted by atomic mass is 127. The van der Waals surface area contributed by atoms with Crippen molar-refractivity contribution < 1.29 is 5.11 Å². The Labute approximate surface area is 166 Å². The number of phenols is 1. The van der Waals surface area contributed by atoms with Gasteiger partial charge in [0.15, 0.2) is 0 Å². The Bertz CT molecular complexity index is 443. The van der Waals surface area contributed by atoms with E-state index >= 15 is 0 Å². The standard InChI is InChI=1S/C14H20I2N2O.2ClH/c1-2-3-13(18-6-4-17-5-7-18)11-8-10(15)9-12(16)14(11)19;;/h8-9,13,17,19H,2-7H2,1H3;2*1H/t13-;;/m1../s1. The summed E-state index contributed by atoms with van der Waals surface area (Å²) < 4.78 is 2.15. The molecule has 0 radical (unpaired) electrons. The van der Waals surface area contributed by atoms with Crippen molar-refractivity contribution in [1.29, 1.82) is 0 Å². The minimum Gasteiger partial charge on any atom is -0.506 e. The number of nitrogens with one attached hydrogen (secondary N) is 1. The highest BCUT2D eigenvalue weighted by Gasteiger charge is 2.24. The second-order valence-corrected chi connectivity index (χ2v) is 7.32. The van der Waals surface area contributed by atoms with Crippen molar-refractivity contribution in [3.8, 4) is 5.75 Å². The zero-order valence-electron chi connectivity index (χ0n) is 11.9. The summed E-state index contributed by atoms with van der Waals surface area (Å²) in [5, 5.41) is 13.8. The third-order valence-corrected chi connectivity index (χ3v) is 5.02. The van der Waals surface area contributed by atoms with Gasteiger partial charge in [-0.05, 0) is 63.7 Å². The van der Waals surface area contributed by atoms with Gasteiger partial charge >= 0.3 is 0 Å². The van der Waals surface area contributed by atoms with Gasteiger partial charge in [-0.2, -0.15) is 0 Å². The minimum atomic E-state index is 0. The summed E-state index contributed by atoms with van der Waals surface area (Å²) in [6.07, 6.45) is 2.24. The molecule has 1 heterocycles. The molecule has 1 aromatic rings. The number of hydrogen-bond donors (Lipinski definition) is 2. The zero-order valence-corrected chi connectivity index (χ0v) is 17.9. The van der Waals surface area contributed by atoms with Crippen LogP contribution in [-0.2, 0) is 0 Å². The molecule has 122 valence electrons. The van der Waals surface area contributed by atoms with E-state index in [-0.39, 0.29) is 24.8 Å². The molecule has 1 atom stereocenters. The smallest absolute Gasteiger partial charge is 0.133 e. The Morgan fingerprint density at radius 2 is 1.86 bits per heavy atom. The first kappa shape index (κ1) is 22.0. The van der Waals surface area contributed by atoms with E-state index in [4.69, 9.17) is 0 Å². The number of nitrogens with zero attached hydrogens (tertiary/aromatic N) is 1. The molecule has 0 aromatic heterocycles. The Morgan fingerprint density at radius 3 is 2.43 bits per heavy atom. The van der Waals surface area contributed by atoms with Crippen LogP contribution in [0.2, 0.25) is 0 Å². The van der Waals surface area contributed by atoms with E-state index in [1.165, 1.54) is 3.57 Å². The van der Waals surface area contributed by atoms with Gasteiger partial charge < -0.3 is 10.4 Å². The van der Waals surface area contributed by atoms with Crippen molar-refractivity contribution in [1.82, 2.24) is 10.2 Å². The summed E-state index contributed by atoms with van der Waals surface area (Å²) in [7, 11) is 0. The van der Waals surface area contributed by atoms with Crippen LogP contribution in [0.5, 0.6) is 5.75 Å². The molecule has 1 aromatic carbocycles. The van der Waals surface area contributed by atoms with Crippen molar-refractivity contribution in [2.75, 3.05) is 26.2 Å². The lowest BCUT2D eigenvalue weighted by atomic mass is 9.99. The first-order valence-corrected chi connectivity index (χ1v) is 8.92. The fourth-order valence-corrected chi connectivity index (χ4v) is 4.53. The van der Waals surface area contributed by atoms with Crippen LogP contribution in [0.15, 0.2) is 12.1 Å². The molecule has 0 aliphatic carbocycles. The Balaban J connectivity index is 0.00000200. The van der Waals surface area contributed by atoms with Gasteiger partial charge in [-0.3, -0.25) is 4.90 Å². The maximum absolute atomic E-state index is 10.4. The summed E-state index contributed by atoms with van der Waals surface area (Å²) in [6.45, 7) is 6.42. The Morgan fingerprint density at radius 1 is 1.24 bits per heavy atom. The first-order chi connectivity index (χ1) is 9.13. The summed E-state index contributed by atoms with van der Waals surface area (Å²) in [4.78, 5) is 2.50. The van der Waals surface area contributed by atoms with E-state index in [9.17, 15) is 5.11 Å². The number of rotatable bonds is 4. The molecule has 0 unspecified atom stereocenters. The molecule has 7 heteroatoms. The molecular weight excluding hydrogens is 537 g/mol. The Hall–Kier alpha value is 0.980. The average Bonchev–Trinajstić information content (AvgIpc) is 2.41. The van der Waals surface area contributed by atoms with Gasteiger partial charge in [-0.1, -0.05) is 13.3 Å². The van der Waals surface area contributed by atoms with E-state index in [1.54, 1.807) is 0 Å². The molecule has 1 saturated heterocycles. The van der Waals surface area contributed by atoms with E-state index in [2.05, 4.69) is 68.4 Å². The highest BCUT2D eigenvalue weighted by Crippen LogP contribution is 2.36. The average molecular weight is 559 g/mol. The minimum absolute atomic E-state index is 0. The van der Waals surface area contributed by atoms with Crippen molar-refractivity contribution in [3.05, 3.63) is 24.8 Å². The molecule has 0 saturated carbocycles. The normalized spacial score (nSPS) is 16.7. The molecule has 0 bridgehead atoms. The molecule has 1 aliphatic heterocycles. The molecule has 21 heavy (non-hydrogen) atoms. The highest BCUT2D eigenvalue weighted by molar-refractivity contribution is 14.1. The van der Waals surface area contributed by atoms with Gasteiger partial charge in [0.05, 0.1) is 3.57 Å². The maximum Gasteiger partial charge on any atom is 0.133 e. The zero-order chi connectivity index (χ0) is 13.8. The van der Waals surface area contributed by atoms with Crippen LogP contribution < -0.4 is 5.32 Å². The van der Waals surface area contributed by atoms with Crippen LogP contribution in [0.4, 0.5) is 0 Å². The van der Waals surface area contributed by atoms with E-state index < -0.39 is 0 Å². The van der Waals surface area contributed by atoms with Gasteiger partial charge in [-0.25, -0.2) is 0 Å². The summed E-state index contributed by atoms with van der Waals surface area (Å²) in [5.41, 5.74) is 1.10. The predicted octanol–water partition coefficient (Wildman–Crippen LogP) is 4.19. The monoisotopic (exact) mass is 558 g/mol. The summed E-state index contributed by atoms with van der Waals surface area (Å²) in [6, 6.07) is 4.51. The molecule has 2 rings (SSSR count). The van der Waals surface area contributed by atoms with Crippen LogP contribution in [-0.4, -0.2) is 36.2 Å². The summed E-state index contributed by atoms with van der Waals surface area (Å²) in [5.74, 6) is 0.470. The topological polar surface area (TPSA) is 35.5 Å². The molecule has 2 N–H and O–H groups in total. The number of piperazine rings is 1. The van der Waals surface area contributed by atoms with Crippen molar-refractivity contribution in [2.24, 2.45) is 0 Å². The molecular formula is C14H22Cl2I2N2O. The maximum atomic E-state index is 10.4. The summed E-state index contributed by atoms with van der Waals surface area (Å²) >= 11 is 4.56. The second-order valence-electron chi connectivity index (χ2n) is 4.92. The Kier molecular flexibility index (Phi) is 11.2. The van der Waals surface area contributed by atoms with Crippen LogP contribution in [0.1, 0.15) is 31.4 Å². The van der Waals surface area contributed by atoms with Crippen LogP contribution in [0, 0.1) is 7.14 Å². The van der Waals surface area contributed by atoms with Gasteiger partial charge in [0, 0.05) is 41.4 Å². The first-order valence-electron chi connectivity index (χ1n) is 6.76. The SMILES string of the molecule is CCC[C@H](c1cc(I)cc(I)c1O)N1CCNCC1.Cl.Cl. The molecule has 1 aliphatic rings. The molecule has 0 spiro atoms. The van der Waals surface area contributed by atoms with Crippen molar-refractivity contribution in [3.63, 3.8) is 0 Å². The van der Waals surface area contributed by atoms with Crippen molar-refractivity contribution >= 4 is 70.0 Å². The largest absolute Gasteiger partial charge is 0.506 e. The fourth-order valence-electron chi connectivity index (χ4n) is 2.64. The van der Waals surface area contributed by atoms with Crippen molar-refractivity contribution in [2.45, 2.75) is 25.8 Å². The van der Waals surface area contributed by atoms with Gasteiger partial charge in [0.2, 0.25) is 0 Å². The third kappa shape index (κ3) is 5.84. The number of benzene rings is 1. The van der Waals surface area contributed by atoms with Crippen LogP contribution in [0.3, 0.4) is 0 Å². The van der Waals surface area contributed by atoms with Gasteiger partial charge in [-0.15, -0.1) is 24.8 Å². The second kappa shape index (κ2) is 10.7. The van der Waals surface area contributed by atoms with Gasteiger partial charge in [0.25, 0.3) is 0 Å². The van der Waals surface area contributed by atoms with Crippen LogP contribution in [0.25, 0.3) is 0 Å². The predicted molar refractivity (Wildman–Crippen MR) is 110 cm³/mol. The van der Waals surface area contributed by atoms with E-state index in [1.807, 2.05) is 6.07 Å². The fraction of sp³-hybridized carbons (Fsp3) is 0.571. The number of aromatic hydroxyl groups is 1. The number of halogens is 4. The number of phenolic OH excluding ortho intramolecular Hbond substituents is 1.